The maximum Gasteiger partial charge on any atom is 0.261 e. The van der Waals surface area contributed by atoms with Crippen LogP contribution in [0.2, 0.25) is 0 Å². The molecule has 0 bridgehead atoms. The van der Waals surface area contributed by atoms with E-state index >= 15 is 0 Å². The fourth-order valence-electron chi connectivity index (χ4n) is 3.47. The molecule has 0 saturated carbocycles. The van der Waals surface area contributed by atoms with E-state index in [1.807, 2.05) is 31.2 Å². The predicted octanol–water partition coefficient (Wildman–Crippen LogP) is 3.59. The number of carbonyl (C=O) groups excluding carboxylic acids is 2. The number of benzene rings is 2. The molecule has 1 aliphatic rings. The Labute approximate surface area is 173 Å². The maximum atomic E-state index is 12.5. The van der Waals surface area contributed by atoms with E-state index in [4.69, 9.17) is 4.74 Å². The Kier molecular flexibility index (Phi) is 6.57. The van der Waals surface area contributed by atoms with E-state index in [1.165, 1.54) is 16.7 Å². The van der Waals surface area contributed by atoms with Crippen molar-refractivity contribution in [3.05, 3.63) is 64.7 Å². The van der Waals surface area contributed by atoms with E-state index in [0.717, 1.165) is 12.0 Å². The van der Waals surface area contributed by atoms with Crippen molar-refractivity contribution in [3.8, 4) is 5.75 Å². The molecule has 2 amide bonds. The van der Waals surface area contributed by atoms with Crippen molar-refractivity contribution >= 4 is 11.8 Å². The zero-order chi connectivity index (χ0) is 21.0. The molecule has 1 N–H and O–H groups in total. The highest BCUT2D eigenvalue weighted by Crippen LogP contribution is 2.25. The molecule has 2 aromatic carbocycles. The average molecular weight is 395 g/mol. The first-order chi connectivity index (χ1) is 13.8. The van der Waals surface area contributed by atoms with Gasteiger partial charge in [-0.05, 0) is 54.5 Å². The van der Waals surface area contributed by atoms with Gasteiger partial charge in [-0.3, -0.25) is 9.59 Å². The summed E-state index contributed by atoms with van der Waals surface area (Å²) >= 11 is 0. The summed E-state index contributed by atoms with van der Waals surface area (Å²) in [6, 6.07) is 14.2. The van der Waals surface area contributed by atoms with Crippen LogP contribution in [0.4, 0.5) is 0 Å². The minimum Gasteiger partial charge on any atom is -0.481 e. The SMILES string of the molecule is Cc1ccc(C(C)C)cc1OC(C)C(=O)NCC(=O)N1CCc2ccccc2C1. The third kappa shape index (κ3) is 5.17. The number of amides is 2. The minimum atomic E-state index is -0.675. The monoisotopic (exact) mass is 394 g/mol. The summed E-state index contributed by atoms with van der Waals surface area (Å²) in [5, 5.41) is 2.73. The highest BCUT2D eigenvalue weighted by molar-refractivity contribution is 5.87. The lowest BCUT2D eigenvalue weighted by atomic mass is 10.00. The third-order valence-corrected chi connectivity index (χ3v) is 5.45. The smallest absolute Gasteiger partial charge is 0.261 e. The molecule has 29 heavy (non-hydrogen) atoms. The Bertz CT molecular complexity index is 891. The lowest BCUT2D eigenvalue weighted by Gasteiger charge is -2.29. The van der Waals surface area contributed by atoms with Crippen molar-refractivity contribution in [1.82, 2.24) is 10.2 Å². The molecule has 5 heteroatoms. The molecule has 3 rings (SSSR count). The molecule has 1 atom stereocenters. The second kappa shape index (κ2) is 9.12. The van der Waals surface area contributed by atoms with Crippen LogP contribution in [0.25, 0.3) is 0 Å². The van der Waals surface area contributed by atoms with Gasteiger partial charge in [-0.25, -0.2) is 0 Å². The van der Waals surface area contributed by atoms with Gasteiger partial charge in [0, 0.05) is 13.1 Å². The van der Waals surface area contributed by atoms with E-state index in [9.17, 15) is 9.59 Å². The Morgan fingerprint density at radius 3 is 2.55 bits per heavy atom. The van der Waals surface area contributed by atoms with Gasteiger partial charge in [0.25, 0.3) is 5.91 Å². The number of carbonyl (C=O) groups is 2. The molecule has 0 aromatic heterocycles. The van der Waals surface area contributed by atoms with Crippen molar-refractivity contribution in [2.75, 3.05) is 13.1 Å². The molecule has 0 fully saturated rings. The first kappa shape index (κ1) is 20.9. The summed E-state index contributed by atoms with van der Waals surface area (Å²) in [6.45, 7) is 9.17. The number of hydrogen-bond donors (Lipinski definition) is 1. The molecule has 1 heterocycles. The average Bonchev–Trinajstić information content (AvgIpc) is 2.72. The molecule has 0 spiro atoms. The van der Waals surface area contributed by atoms with Crippen LogP contribution in [-0.2, 0) is 22.6 Å². The Morgan fingerprint density at radius 1 is 1.10 bits per heavy atom. The Morgan fingerprint density at radius 2 is 1.83 bits per heavy atom. The van der Waals surface area contributed by atoms with Crippen molar-refractivity contribution in [3.63, 3.8) is 0 Å². The molecule has 1 aliphatic heterocycles. The van der Waals surface area contributed by atoms with Crippen LogP contribution in [0.1, 0.15) is 48.9 Å². The van der Waals surface area contributed by atoms with Crippen LogP contribution in [-0.4, -0.2) is 35.9 Å². The zero-order valence-corrected chi connectivity index (χ0v) is 17.7. The van der Waals surface area contributed by atoms with E-state index in [-0.39, 0.29) is 18.4 Å². The van der Waals surface area contributed by atoms with E-state index < -0.39 is 6.10 Å². The van der Waals surface area contributed by atoms with Crippen LogP contribution >= 0.6 is 0 Å². The number of rotatable bonds is 6. The molecule has 1 unspecified atom stereocenters. The second-order valence-corrected chi connectivity index (χ2v) is 7.99. The van der Waals surface area contributed by atoms with Gasteiger partial charge < -0.3 is 15.0 Å². The predicted molar refractivity (Wildman–Crippen MR) is 114 cm³/mol. The number of fused-ring (bicyclic) bond motifs is 1. The van der Waals surface area contributed by atoms with Crippen LogP contribution < -0.4 is 10.1 Å². The summed E-state index contributed by atoms with van der Waals surface area (Å²) in [6.07, 6.45) is 0.173. The van der Waals surface area contributed by atoms with Crippen molar-refractivity contribution in [2.24, 2.45) is 0 Å². The summed E-state index contributed by atoms with van der Waals surface area (Å²) < 4.78 is 5.89. The number of ether oxygens (including phenoxy) is 1. The number of nitrogens with one attached hydrogen (secondary N) is 1. The third-order valence-electron chi connectivity index (χ3n) is 5.45. The fourth-order valence-corrected chi connectivity index (χ4v) is 3.47. The Hall–Kier alpha value is -2.82. The molecule has 0 saturated heterocycles. The molecule has 0 aliphatic carbocycles. The normalized spacial score (nSPS) is 14.3. The largest absolute Gasteiger partial charge is 0.481 e. The first-order valence-corrected chi connectivity index (χ1v) is 10.2. The van der Waals surface area contributed by atoms with Crippen LogP contribution in [0.15, 0.2) is 42.5 Å². The summed E-state index contributed by atoms with van der Waals surface area (Å²) in [4.78, 5) is 26.8. The highest BCUT2D eigenvalue weighted by atomic mass is 16.5. The van der Waals surface area contributed by atoms with Gasteiger partial charge in [0.05, 0.1) is 6.54 Å². The maximum absolute atomic E-state index is 12.5. The molecule has 0 radical (unpaired) electrons. The summed E-state index contributed by atoms with van der Waals surface area (Å²) in [7, 11) is 0. The van der Waals surface area contributed by atoms with Gasteiger partial charge in [0.1, 0.15) is 5.75 Å². The summed E-state index contributed by atoms with van der Waals surface area (Å²) in [5.41, 5.74) is 4.62. The fraction of sp³-hybridized carbons (Fsp3) is 0.417. The van der Waals surface area contributed by atoms with Crippen LogP contribution in [0.3, 0.4) is 0 Å². The zero-order valence-electron chi connectivity index (χ0n) is 17.7. The van der Waals surface area contributed by atoms with E-state index in [2.05, 4.69) is 37.4 Å². The lowest BCUT2D eigenvalue weighted by Crippen LogP contribution is -2.45. The van der Waals surface area contributed by atoms with Crippen LogP contribution in [0.5, 0.6) is 5.75 Å². The molecule has 154 valence electrons. The quantitative estimate of drug-likeness (QED) is 0.815. The number of nitrogens with zero attached hydrogens (tertiary/aromatic N) is 1. The molecule has 2 aromatic rings. The first-order valence-electron chi connectivity index (χ1n) is 10.2. The van der Waals surface area contributed by atoms with Gasteiger partial charge in [0.15, 0.2) is 6.10 Å². The van der Waals surface area contributed by atoms with Gasteiger partial charge in [-0.2, -0.15) is 0 Å². The topological polar surface area (TPSA) is 58.6 Å². The molecular formula is C24H30N2O3. The van der Waals surface area contributed by atoms with Crippen LogP contribution in [0, 0.1) is 6.92 Å². The summed E-state index contributed by atoms with van der Waals surface area (Å²) in [5.74, 6) is 0.732. The van der Waals surface area contributed by atoms with Gasteiger partial charge in [-0.1, -0.05) is 50.2 Å². The van der Waals surface area contributed by atoms with Gasteiger partial charge in [-0.15, -0.1) is 0 Å². The minimum absolute atomic E-state index is 0.0142. The lowest BCUT2D eigenvalue weighted by molar-refractivity contribution is -0.135. The molecular weight excluding hydrogens is 364 g/mol. The molecule has 5 nitrogen and oxygen atoms in total. The number of aryl methyl sites for hydroxylation is 1. The van der Waals surface area contributed by atoms with E-state index in [0.29, 0.717) is 24.8 Å². The van der Waals surface area contributed by atoms with Gasteiger partial charge >= 0.3 is 0 Å². The highest BCUT2D eigenvalue weighted by Gasteiger charge is 2.22. The van der Waals surface area contributed by atoms with E-state index in [1.54, 1.807) is 11.8 Å². The second-order valence-electron chi connectivity index (χ2n) is 7.99. The van der Waals surface area contributed by atoms with Gasteiger partial charge in [0.2, 0.25) is 5.91 Å². The number of hydrogen-bond acceptors (Lipinski definition) is 3. The Balaban J connectivity index is 1.53. The van der Waals surface area contributed by atoms with Crippen molar-refractivity contribution < 1.29 is 14.3 Å². The standard InChI is InChI=1S/C24H30N2O3/c1-16(2)20-10-9-17(3)22(13-20)29-18(4)24(28)25-14-23(27)26-12-11-19-7-5-6-8-21(19)15-26/h5-10,13,16,18H,11-12,14-15H2,1-4H3,(H,25,28). The van der Waals surface area contributed by atoms with Crippen molar-refractivity contribution in [1.29, 1.82) is 0 Å². The van der Waals surface area contributed by atoms with Crippen molar-refractivity contribution in [2.45, 2.75) is 52.7 Å².